The lowest BCUT2D eigenvalue weighted by molar-refractivity contribution is 0.0989. The van der Waals surface area contributed by atoms with E-state index in [1.165, 1.54) is 0 Å². The van der Waals surface area contributed by atoms with Crippen molar-refractivity contribution in [3.8, 4) is 0 Å². The third kappa shape index (κ3) is 2.17. The topological polar surface area (TPSA) is 46.3 Å². The van der Waals surface area contributed by atoms with E-state index >= 15 is 0 Å². The van der Waals surface area contributed by atoms with Crippen molar-refractivity contribution < 1.29 is 4.79 Å². The van der Waals surface area contributed by atoms with Gasteiger partial charge in [0, 0.05) is 28.5 Å². The number of fused-ring (bicyclic) bond motifs is 1. The number of hydrogen-bond donors (Lipinski definition) is 1. The number of nitrogens with two attached hydrogens (primary N) is 1. The number of anilines is 2. The van der Waals surface area contributed by atoms with E-state index in [1.54, 1.807) is 29.2 Å². The van der Waals surface area contributed by atoms with Crippen molar-refractivity contribution >= 4 is 28.9 Å². The molecule has 0 unspecified atom stereocenters. The van der Waals surface area contributed by atoms with Crippen molar-refractivity contribution in [3.05, 3.63) is 58.6 Å². The van der Waals surface area contributed by atoms with Crippen LogP contribution in [0.1, 0.15) is 15.9 Å². The molecule has 19 heavy (non-hydrogen) atoms. The Morgan fingerprint density at radius 1 is 1.16 bits per heavy atom. The normalized spacial score (nSPS) is 13.4. The number of halogens is 1. The average molecular weight is 273 g/mol. The van der Waals surface area contributed by atoms with Gasteiger partial charge in [-0.15, -0.1) is 0 Å². The van der Waals surface area contributed by atoms with Crippen LogP contribution in [0.3, 0.4) is 0 Å². The van der Waals surface area contributed by atoms with Crippen LogP contribution < -0.4 is 10.6 Å². The van der Waals surface area contributed by atoms with Crippen LogP contribution >= 0.6 is 11.6 Å². The van der Waals surface area contributed by atoms with Crippen LogP contribution in [-0.2, 0) is 6.42 Å². The third-order valence-electron chi connectivity index (χ3n) is 3.34. The molecule has 1 amide bonds. The van der Waals surface area contributed by atoms with Gasteiger partial charge in [0.25, 0.3) is 5.91 Å². The number of hydrogen-bond acceptors (Lipinski definition) is 2. The van der Waals surface area contributed by atoms with Crippen LogP contribution in [-0.4, -0.2) is 12.5 Å². The minimum Gasteiger partial charge on any atom is -0.399 e. The molecule has 0 atom stereocenters. The van der Waals surface area contributed by atoms with Gasteiger partial charge in [-0.25, -0.2) is 0 Å². The molecule has 4 heteroatoms. The fourth-order valence-electron chi connectivity index (χ4n) is 2.38. The van der Waals surface area contributed by atoms with Crippen molar-refractivity contribution in [1.82, 2.24) is 0 Å². The lowest BCUT2D eigenvalue weighted by Gasteiger charge is -2.17. The monoisotopic (exact) mass is 272 g/mol. The highest BCUT2D eigenvalue weighted by molar-refractivity contribution is 6.30. The molecule has 2 aromatic carbocycles. The molecule has 2 aromatic rings. The highest BCUT2D eigenvalue weighted by Gasteiger charge is 2.25. The average Bonchev–Trinajstić information content (AvgIpc) is 2.81. The highest BCUT2D eigenvalue weighted by Crippen LogP contribution is 2.30. The van der Waals surface area contributed by atoms with E-state index in [-0.39, 0.29) is 5.91 Å². The Hall–Kier alpha value is -2.00. The molecule has 1 aliphatic heterocycles. The summed E-state index contributed by atoms with van der Waals surface area (Å²) in [5, 5.41) is 0.631. The van der Waals surface area contributed by atoms with Gasteiger partial charge in [0.1, 0.15) is 0 Å². The summed E-state index contributed by atoms with van der Waals surface area (Å²) in [5.41, 5.74) is 9.23. The van der Waals surface area contributed by atoms with Crippen LogP contribution in [0.25, 0.3) is 0 Å². The van der Waals surface area contributed by atoms with Crippen molar-refractivity contribution in [1.29, 1.82) is 0 Å². The second-order valence-corrected chi connectivity index (χ2v) is 5.04. The van der Waals surface area contributed by atoms with E-state index in [9.17, 15) is 4.79 Å². The molecule has 0 fully saturated rings. The Balaban J connectivity index is 1.93. The molecule has 0 saturated heterocycles. The molecule has 96 valence electrons. The number of carbonyl (C=O) groups excluding carboxylic acids is 1. The van der Waals surface area contributed by atoms with Crippen LogP contribution in [0.2, 0.25) is 5.02 Å². The van der Waals surface area contributed by atoms with Crippen molar-refractivity contribution in [2.45, 2.75) is 6.42 Å². The Bertz CT molecular complexity index is 637. The maximum atomic E-state index is 12.5. The maximum Gasteiger partial charge on any atom is 0.258 e. The molecule has 1 heterocycles. The van der Waals surface area contributed by atoms with E-state index < -0.39 is 0 Å². The van der Waals surface area contributed by atoms with Gasteiger partial charge in [-0.2, -0.15) is 0 Å². The Morgan fingerprint density at radius 2 is 1.89 bits per heavy atom. The second-order valence-electron chi connectivity index (χ2n) is 4.60. The number of rotatable bonds is 1. The van der Waals surface area contributed by atoms with Crippen molar-refractivity contribution in [2.75, 3.05) is 17.2 Å². The number of benzene rings is 2. The number of carbonyl (C=O) groups is 1. The van der Waals surface area contributed by atoms with Gasteiger partial charge in [-0.3, -0.25) is 4.79 Å². The van der Waals surface area contributed by atoms with Gasteiger partial charge in [0.15, 0.2) is 0 Å². The van der Waals surface area contributed by atoms with E-state index in [0.717, 1.165) is 23.4 Å². The van der Waals surface area contributed by atoms with Gasteiger partial charge in [-0.1, -0.05) is 11.6 Å². The molecule has 0 aromatic heterocycles. The van der Waals surface area contributed by atoms with Gasteiger partial charge in [0.2, 0.25) is 0 Å². The Kier molecular flexibility index (Phi) is 2.91. The zero-order chi connectivity index (χ0) is 13.4. The second kappa shape index (κ2) is 4.59. The molecule has 2 N–H and O–H groups in total. The molecule has 1 aliphatic rings. The van der Waals surface area contributed by atoms with Gasteiger partial charge < -0.3 is 10.6 Å². The van der Waals surface area contributed by atoms with Crippen LogP contribution in [0.15, 0.2) is 42.5 Å². The quantitative estimate of drug-likeness (QED) is 0.811. The summed E-state index contributed by atoms with van der Waals surface area (Å²) in [4.78, 5) is 14.2. The maximum absolute atomic E-state index is 12.5. The fraction of sp³-hybridized carbons (Fsp3) is 0.133. The van der Waals surface area contributed by atoms with E-state index in [4.69, 9.17) is 17.3 Å². The summed E-state index contributed by atoms with van der Waals surface area (Å²) < 4.78 is 0. The van der Waals surface area contributed by atoms with Crippen LogP contribution in [0, 0.1) is 0 Å². The first kappa shape index (κ1) is 12.1. The largest absolute Gasteiger partial charge is 0.399 e. The van der Waals surface area contributed by atoms with Gasteiger partial charge in [0.05, 0.1) is 0 Å². The zero-order valence-electron chi connectivity index (χ0n) is 10.3. The summed E-state index contributed by atoms with van der Waals surface area (Å²) in [6.07, 6.45) is 0.847. The lowest BCUT2D eigenvalue weighted by atomic mass is 10.1. The van der Waals surface area contributed by atoms with Gasteiger partial charge >= 0.3 is 0 Å². The van der Waals surface area contributed by atoms with Crippen LogP contribution in [0.5, 0.6) is 0 Å². The number of nitrogens with zero attached hydrogens (tertiary/aromatic N) is 1. The first-order valence-corrected chi connectivity index (χ1v) is 6.49. The summed E-state index contributed by atoms with van der Waals surface area (Å²) in [6.45, 7) is 0.695. The summed E-state index contributed by atoms with van der Waals surface area (Å²) >= 11 is 5.84. The van der Waals surface area contributed by atoms with Crippen molar-refractivity contribution in [2.24, 2.45) is 0 Å². The number of nitrogen functional groups attached to an aromatic ring is 1. The van der Waals surface area contributed by atoms with E-state index in [1.807, 2.05) is 18.2 Å². The molecule has 0 aliphatic carbocycles. The molecular weight excluding hydrogens is 260 g/mol. The first-order valence-electron chi connectivity index (χ1n) is 6.11. The minimum atomic E-state index is 0.000174. The minimum absolute atomic E-state index is 0.000174. The van der Waals surface area contributed by atoms with Gasteiger partial charge in [-0.05, 0) is 54.4 Å². The molecule has 3 nitrogen and oxygen atoms in total. The zero-order valence-corrected chi connectivity index (χ0v) is 11.0. The van der Waals surface area contributed by atoms with E-state index in [0.29, 0.717) is 17.1 Å². The smallest absolute Gasteiger partial charge is 0.258 e. The SMILES string of the molecule is Nc1ccc2c(c1)CCN2C(=O)c1ccc(Cl)cc1. The standard InChI is InChI=1S/C15H13ClN2O/c16-12-3-1-10(2-4-12)15(19)18-8-7-11-9-13(17)5-6-14(11)18/h1-6,9H,7-8,17H2. The van der Waals surface area contributed by atoms with Crippen LogP contribution in [0.4, 0.5) is 11.4 Å². The first-order chi connectivity index (χ1) is 9.15. The summed E-state index contributed by atoms with van der Waals surface area (Å²) in [7, 11) is 0. The predicted octanol–water partition coefficient (Wildman–Crippen LogP) is 3.13. The molecule has 0 saturated carbocycles. The summed E-state index contributed by atoms with van der Waals surface area (Å²) in [5.74, 6) is 0.000174. The third-order valence-corrected chi connectivity index (χ3v) is 3.59. The lowest BCUT2D eigenvalue weighted by Crippen LogP contribution is -2.28. The number of amides is 1. The fourth-order valence-corrected chi connectivity index (χ4v) is 2.51. The Labute approximate surface area is 116 Å². The molecule has 0 spiro atoms. The molecule has 3 rings (SSSR count). The highest BCUT2D eigenvalue weighted by atomic mass is 35.5. The van der Waals surface area contributed by atoms with E-state index in [2.05, 4.69) is 0 Å². The summed E-state index contributed by atoms with van der Waals surface area (Å²) in [6, 6.07) is 12.6. The van der Waals surface area contributed by atoms with Crippen molar-refractivity contribution in [3.63, 3.8) is 0 Å². The molecule has 0 radical (unpaired) electrons. The molecule has 0 bridgehead atoms. The predicted molar refractivity (Wildman–Crippen MR) is 77.7 cm³/mol. The molecular formula is C15H13ClN2O. The Morgan fingerprint density at radius 3 is 2.63 bits per heavy atom.